The van der Waals surface area contributed by atoms with Gasteiger partial charge >= 0.3 is 17.9 Å². The first kappa shape index (κ1) is 39.1. The van der Waals surface area contributed by atoms with Gasteiger partial charge in [-0.3, -0.25) is 14.4 Å². The highest BCUT2D eigenvalue weighted by atomic mass is 16.4. The van der Waals surface area contributed by atoms with Crippen molar-refractivity contribution in [1.82, 2.24) is 0 Å². The fourth-order valence-corrected chi connectivity index (χ4v) is 6.00. The molecule has 0 aliphatic carbocycles. The lowest BCUT2D eigenvalue weighted by Crippen LogP contribution is -2.57. The lowest BCUT2D eigenvalue weighted by Gasteiger charge is -2.42. The molecule has 0 rings (SSSR count). The van der Waals surface area contributed by atoms with E-state index in [9.17, 15) is 29.7 Å². The van der Waals surface area contributed by atoms with Crippen molar-refractivity contribution in [2.75, 3.05) is 26.2 Å². The highest BCUT2D eigenvalue weighted by Gasteiger charge is 2.38. The smallest absolute Gasteiger partial charge is 0.311 e. The molecule has 0 aliphatic rings. The first-order valence-electron chi connectivity index (χ1n) is 16.7. The summed E-state index contributed by atoms with van der Waals surface area (Å²) in [5.41, 5.74) is 0. The van der Waals surface area contributed by atoms with Gasteiger partial charge in [-0.2, -0.15) is 0 Å². The van der Waals surface area contributed by atoms with E-state index in [1.54, 1.807) is 20.8 Å². The Bertz CT molecular complexity index is 667. The van der Waals surface area contributed by atoms with Crippen molar-refractivity contribution in [3.63, 3.8) is 0 Å². The van der Waals surface area contributed by atoms with E-state index in [2.05, 4.69) is 19.1 Å². The quantitative estimate of drug-likeness (QED) is 0.0463. The van der Waals surface area contributed by atoms with Crippen molar-refractivity contribution in [3.05, 3.63) is 12.2 Å². The van der Waals surface area contributed by atoms with Crippen molar-refractivity contribution in [2.45, 2.75) is 143 Å². The molecular formula is C34H64NO6+. The van der Waals surface area contributed by atoms with Crippen molar-refractivity contribution in [2.24, 2.45) is 17.8 Å². The summed E-state index contributed by atoms with van der Waals surface area (Å²) in [4.78, 5) is 34.9. The number of unbranched alkanes of at least 4 members (excludes halogenated alkanes) is 17. The van der Waals surface area contributed by atoms with Crippen molar-refractivity contribution in [1.29, 1.82) is 0 Å². The molecule has 0 aliphatic heterocycles. The molecule has 7 heteroatoms. The molecule has 0 aromatic heterocycles. The maximum atomic E-state index is 11.6. The van der Waals surface area contributed by atoms with Gasteiger partial charge in [0, 0.05) is 0 Å². The molecule has 3 atom stereocenters. The van der Waals surface area contributed by atoms with Crippen LogP contribution < -0.4 is 0 Å². The summed E-state index contributed by atoms with van der Waals surface area (Å²) >= 11 is 0. The molecule has 240 valence electrons. The van der Waals surface area contributed by atoms with Gasteiger partial charge in [-0.05, 0) is 53.4 Å². The zero-order chi connectivity index (χ0) is 30.9. The monoisotopic (exact) mass is 582 g/mol. The van der Waals surface area contributed by atoms with Gasteiger partial charge in [-0.25, -0.2) is 0 Å². The van der Waals surface area contributed by atoms with Crippen LogP contribution in [-0.2, 0) is 14.4 Å². The maximum absolute atomic E-state index is 11.6. The van der Waals surface area contributed by atoms with Crippen molar-refractivity contribution in [3.8, 4) is 0 Å². The minimum atomic E-state index is -0.930. The topological polar surface area (TPSA) is 112 Å². The Balaban J connectivity index is 4.21. The van der Waals surface area contributed by atoms with Crippen LogP contribution in [0.5, 0.6) is 0 Å². The van der Waals surface area contributed by atoms with Gasteiger partial charge in [0.05, 0.1) is 26.2 Å². The third-order valence-corrected chi connectivity index (χ3v) is 8.49. The number of carboxylic acid groups (broad SMARTS) is 3. The van der Waals surface area contributed by atoms with E-state index in [0.717, 1.165) is 19.3 Å². The second-order valence-electron chi connectivity index (χ2n) is 12.7. The minimum absolute atomic E-state index is 0.227. The fourth-order valence-electron chi connectivity index (χ4n) is 6.00. The van der Waals surface area contributed by atoms with Gasteiger partial charge in [-0.1, -0.05) is 102 Å². The molecule has 0 spiro atoms. The number of rotatable bonds is 29. The normalized spacial score (nSPS) is 15.4. The second kappa shape index (κ2) is 24.7. The zero-order valence-electron chi connectivity index (χ0n) is 27.0. The number of carboxylic acids is 3. The molecule has 3 unspecified atom stereocenters. The summed E-state index contributed by atoms with van der Waals surface area (Å²) in [6.07, 6.45) is 27.2. The molecule has 0 saturated heterocycles. The number of nitrogens with zero attached hydrogens (tertiary/aromatic N) is 1. The Morgan fingerprint density at radius 3 is 1.05 bits per heavy atom. The number of aliphatic carboxylic acids is 3. The molecular weight excluding hydrogens is 518 g/mol. The lowest BCUT2D eigenvalue weighted by atomic mass is 10.00. The number of carbonyl (C=O) groups is 3. The van der Waals surface area contributed by atoms with Crippen LogP contribution in [0, 0.1) is 17.8 Å². The molecule has 0 aromatic rings. The van der Waals surface area contributed by atoms with Crippen molar-refractivity contribution >= 4 is 17.9 Å². The number of quaternary nitrogens is 1. The number of hydrogen-bond donors (Lipinski definition) is 3. The van der Waals surface area contributed by atoms with Crippen molar-refractivity contribution < 1.29 is 34.2 Å². The predicted octanol–water partition coefficient (Wildman–Crippen LogP) is 8.56. The lowest BCUT2D eigenvalue weighted by molar-refractivity contribution is -0.934. The Morgan fingerprint density at radius 2 is 0.780 bits per heavy atom. The Hall–Kier alpha value is -1.89. The van der Waals surface area contributed by atoms with Crippen LogP contribution in [-0.4, -0.2) is 63.9 Å². The highest BCUT2D eigenvalue weighted by molar-refractivity contribution is 5.70. The van der Waals surface area contributed by atoms with Gasteiger partial charge in [-0.15, -0.1) is 0 Å². The first-order chi connectivity index (χ1) is 19.5. The third kappa shape index (κ3) is 21.5. The Morgan fingerprint density at radius 1 is 0.512 bits per heavy atom. The summed E-state index contributed by atoms with van der Waals surface area (Å²) in [5, 5.41) is 28.6. The van der Waals surface area contributed by atoms with E-state index in [1.165, 1.54) is 96.3 Å². The number of allylic oxidation sites excluding steroid dienone is 2. The van der Waals surface area contributed by atoms with Gasteiger partial charge in [0.25, 0.3) is 0 Å². The predicted molar refractivity (Wildman–Crippen MR) is 168 cm³/mol. The summed E-state index contributed by atoms with van der Waals surface area (Å²) in [6, 6.07) is 0. The van der Waals surface area contributed by atoms with Crippen LogP contribution >= 0.6 is 0 Å². The zero-order valence-corrected chi connectivity index (χ0v) is 27.0. The Kier molecular flexibility index (Phi) is 23.5. The average Bonchev–Trinajstić information content (AvgIpc) is 2.91. The molecule has 0 radical (unpaired) electrons. The van der Waals surface area contributed by atoms with Crippen LogP contribution in [0.1, 0.15) is 143 Å². The highest BCUT2D eigenvalue weighted by Crippen LogP contribution is 2.22. The summed E-state index contributed by atoms with van der Waals surface area (Å²) in [7, 11) is 0. The van der Waals surface area contributed by atoms with E-state index >= 15 is 0 Å². The molecule has 0 aromatic carbocycles. The van der Waals surface area contributed by atoms with Gasteiger partial charge in [0.2, 0.25) is 0 Å². The third-order valence-electron chi connectivity index (χ3n) is 8.49. The van der Waals surface area contributed by atoms with Gasteiger partial charge < -0.3 is 19.8 Å². The van der Waals surface area contributed by atoms with Crippen LogP contribution in [0.25, 0.3) is 0 Å². The molecule has 0 heterocycles. The average molecular weight is 583 g/mol. The molecule has 0 bridgehead atoms. The molecule has 0 amide bonds. The minimum Gasteiger partial charge on any atom is -0.481 e. The summed E-state index contributed by atoms with van der Waals surface area (Å²) in [6.45, 7) is 8.34. The molecule has 7 nitrogen and oxygen atoms in total. The van der Waals surface area contributed by atoms with E-state index < -0.39 is 35.7 Å². The Labute approximate surface area is 251 Å². The van der Waals surface area contributed by atoms with Crippen LogP contribution in [0.4, 0.5) is 0 Å². The first-order valence-corrected chi connectivity index (χ1v) is 16.7. The summed E-state index contributed by atoms with van der Waals surface area (Å²) in [5.74, 6) is -4.79. The largest absolute Gasteiger partial charge is 0.481 e. The molecule has 0 saturated carbocycles. The molecule has 3 N–H and O–H groups in total. The second-order valence-corrected chi connectivity index (χ2v) is 12.7. The van der Waals surface area contributed by atoms with Crippen LogP contribution in [0.3, 0.4) is 0 Å². The van der Waals surface area contributed by atoms with E-state index in [-0.39, 0.29) is 24.1 Å². The standard InChI is InChI=1S/C34H63NO6/c1-5-6-7-8-9-10-11-12-13-14-15-16-17-18-19-20-21-22-23-24-25-35(26-29(2)32(36)37,27-30(3)33(38)39)28-31(4)34(40)41/h5-6,29-31H,7-28H2,1-4H3,(H2-,36,37,38,39,40,41)/p+1/b6-5+. The maximum Gasteiger partial charge on any atom is 0.311 e. The van der Waals surface area contributed by atoms with E-state index in [4.69, 9.17) is 0 Å². The fraction of sp³-hybridized carbons (Fsp3) is 0.853. The SMILES string of the molecule is C/C=C/CCCCCCCCCCCCCCCCCCC[N+](CC(C)C(=O)O)(CC(C)C(=O)O)CC(C)C(=O)O. The summed E-state index contributed by atoms with van der Waals surface area (Å²) < 4.78 is 0.227. The van der Waals surface area contributed by atoms with Gasteiger partial charge in [0.15, 0.2) is 0 Å². The van der Waals surface area contributed by atoms with Crippen LogP contribution in [0.15, 0.2) is 12.2 Å². The van der Waals surface area contributed by atoms with E-state index in [1.807, 2.05) is 0 Å². The van der Waals surface area contributed by atoms with E-state index in [0.29, 0.717) is 6.54 Å². The molecule has 0 fully saturated rings. The van der Waals surface area contributed by atoms with Crippen LogP contribution in [0.2, 0.25) is 0 Å². The number of hydrogen-bond acceptors (Lipinski definition) is 3. The molecule has 41 heavy (non-hydrogen) atoms. The van der Waals surface area contributed by atoms with Gasteiger partial charge in [0.1, 0.15) is 17.8 Å².